The second-order valence-electron chi connectivity index (χ2n) is 7.01. The van der Waals surface area contributed by atoms with Gasteiger partial charge in [-0.2, -0.15) is 18.3 Å². The molecule has 0 unspecified atom stereocenters. The predicted molar refractivity (Wildman–Crippen MR) is 110 cm³/mol. The second-order valence-corrected chi connectivity index (χ2v) is 7.01. The summed E-state index contributed by atoms with van der Waals surface area (Å²) in [5.74, 6) is 0.228. The van der Waals surface area contributed by atoms with Gasteiger partial charge >= 0.3 is 6.18 Å². The van der Waals surface area contributed by atoms with Crippen LogP contribution in [0.25, 0.3) is 16.9 Å². The van der Waals surface area contributed by atoms with Crippen LogP contribution in [0.3, 0.4) is 0 Å². The zero-order chi connectivity index (χ0) is 23.6. The lowest BCUT2D eigenvalue weighted by molar-refractivity contribution is -0.142. The number of rotatable bonds is 7. The number of fused-ring (bicyclic) bond motifs is 1. The lowest BCUT2D eigenvalue weighted by Gasteiger charge is -2.15. The summed E-state index contributed by atoms with van der Waals surface area (Å²) in [6.07, 6.45) is -3.01. The molecular weight excluding hydrogens is 429 g/mol. The van der Waals surface area contributed by atoms with Crippen molar-refractivity contribution in [2.45, 2.75) is 32.5 Å². The molecule has 1 atom stereocenters. The van der Waals surface area contributed by atoms with Crippen molar-refractivity contribution in [1.82, 2.24) is 19.9 Å². The number of nitrogens with zero attached hydrogens (tertiary/aromatic N) is 3. The van der Waals surface area contributed by atoms with E-state index >= 15 is 0 Å². The Morgan fingerprint density at radius 1 is 1.12 bits per heavy atom. The highest BCUT2D eigenvalue weighted by molar-refractivity contribution is 6.00. The van der Waals surface area contributed by atoms with E-state index in [0.717, 1.165) is 12.3 Å². The Bertz CT molecular complexity index is 1120. The molecular formula is C21H23F3N4O4. The lowest BCUT2D eigenvalue weighted by Crippen LogP contribution is -2.32. The number of carbonyl (C=O) groups excluding carboxylic acids is 1. The molecule has 2 aromatic heterocycles. The zero-order valence-electron chi connectivity index (χ0n) is 18.2. The average Bonchev–Trinajstić information content (AvgIpc) is 3.20. The van der Waals surface area contributed by atoms with Gasteiger partial charge in [0.05, 0.1) is 33.2 Å². The molecule has 0 saturated carbocycles. The molecule has 2 heterocycles. The predicted octanol–water partition coefficient (Wildman–Crippen LogP) is 3.97. The molecule has 3 rings (SSSR count). The van der Waals surface area contributed by atoms with Crippen molar-refractivity contribution in [3.05, 3.63) is 35.7 Å². The highest BCUT2D eigenvalue weighted by Crippen LogP contribution is 2.42. The highest BCUT2D eigenvalue weighted by atomic mass is 19.4. The largest absolute Gasteiger partial charge is 0.493 e. The summed E-state index contributed by atoms with van der Waals surface area (Å²) < 4.78 is 58.0. The fourth-order valence-electron chi connectivity index (χ4n) is 3.11. The van der Waals surface area contributed by atoms with E-state index in [4.69, 9.17) is 14.2 Å². The van der Waals surface area contributed by atoms with Crippen LogP contribution < -0.4 is 19.5 Å². The van der Waals surface area contributed by atoms with Crippen LogP contribution in [0.5, 0.6) is 17.2 Å². The molecule has 1 aromatic carbocycles. The first-order valence-corrected chi connectivity index (χ1v) is 9.71. The summed E-state index contributed by atoms with van der Waals surface area (Å²) in [5, 5.41) is 6.50. The first kappa shape index (κ1) is 23.2. The van der Waals surface area contributed by atoms with E-state index in [2.05, 4.69) is 15.4 Å². The summed E-state index contributed by atoms with van der Waals surface area (Å²) in [6, 6.07) is 3.65. The van der Waals surface area contributed by atoms with Crippen LogP contribution in [0.1, 0.15) is 36.3 Å². The summed E-state index contributed by atoms with van der Waals surface area (Å²) in [6.45, 7) is 3.67. The number of halogens is 3. The maximum atomic E-state index is 13.8. The van der Waals surface area contributed by atoms with Gasteiger partial charge in [0.2, 0.25) is 5.75 Å². The Morgan fingerprint density at radius 2 is 1.75 bits per heavy atom. The molecule has 0 fully saturated rings. The van der Waals surface area contributed by atoms with E-state index in [0.29, 0.717) is 10.9 Å². The van der Waals surface area contributed by atoms with Crippen LogP contribution in [-0.4, -0.2) is 47.9 Å². The second kappa shape index (κ2) is 8.93. The zero-order valence-corrected chi connectivity index (χ0v) is 18.2. The smallest absolute Gasteiger partial charge is 0.433 e. The normalized spacial score (nSPS) is 12.5. The number of alkyl halides is 3. The maximum Gasteiger partial charge on any atom is 0.433 e. The van der Waals surface area contributed by atoms with Crippen molar-refractivity contribution in [3.8, 4) is 28.5 Å². The molecule has 0 bridgehead atoms. The number of carbonyl (C=O) groups is 1. The highest BCUT2D eigenvalue weighted by Gasteiger charge is 2.36. The maximum absolute atomic E-state index is 13.8. The number of amides is 1. The molecule has 0 aliphatic carbocycles. The van der Waals surface area contributed by atoms with E-state index in [1.165, 1.54) is 33.5 Å². The van der Waals surface area contributed by atoms with E-state index in [1.54, 1.807) is 6.92 Å². The van der Waals surface area contributed by atoms with Crippen molar-refractivity contribution in [3.63, 3.8) is 0 Å². The molecule has 0 radical (unpaired) electrons. The number of ether oxygens (including phenoxy) is 3. The number of methoxy groups -OCH3 is 3. The number of benzene rings is 1. The van der Waals surface area contributed by atoms with Gasteiger partial charge in [0, 0.05) is 11.6 Å². The summed E-state index contributed by atoms with van der Waals surface area (Å²) in [5.41, 5.74) is -1.12. The van der Waals surface area contributed by atoms with Crippen molar-refractivity contribution in [2.24, 2.45) is 0 Å². The van der Waals surface area contributed by atoms with Gasteiger partial charge in [-0.15, -0.1) is 0 Å². The van der Waals surface area contributed by atoms with Gasteiger partial charge in [0.25, 0.3) is 5.91 Å². The minimum absolute atomic E-state index is 0.0397. The van der Waals surface area contributed by atoms with Gasteiger partial charge in [0.15, 0.2) is 22.8 Å². The first-order valence-electron chi connectivity index (χ1n) is 9.71. The van der Waals surface area contributed by atoms with Crippen molar-refractivity contribution < 1.29 is 32.2 Å². The van der Waals surface area contributed by atoms with Crippen molar-refractivity contribution in [2.75, 3.05) is 21.3 Å². The minimum atomic E-state index is -4.74. The standard InChI is InChI=1S/C21H23F3N4O4/c1-6-11(2)26-20(29)13-10-25-28-17(21(22,23)24)9-14(27-19(13)28)12-7-15(30-3)18(32-5)16(8-12)31-4/h7-11H,6H2,1-5H3,(H,26,29)/t11-/m0/s1. The summed E-state index contributed by atoms with van der Waals surface area (Å²) >= 11 is 0. The van der Waals surface area contributed by atoms with Gasteiger partial charge in [0.1, 0.15) is 5.56 Å². The molecule has 0 saturated heterocycles. The molecule has 0 spiro atoms. The molecule has 32 heavy (non-hydrogen) atoms. The Morgan fingerprint density at radius 3 is 2.25 bits per heavy atom. The van der Waals surface area contributed by atoms with Crippen LogP contribution in [0.4, 0.5) is 13.2 Å². The Kier molecular flexibility index (Phi) is 6.47. The molecule has 8 nitrogen and oxygen atoms in total. The van der Waals surface area contributed by atoms with Crippen molar-refractivity contribution >= 4 is 11.6 Å². The average molecular weight is 452 g/mol. The molecule has 1 amide bonds. The van der Waals surface area contributed by atoms with Crippen LogP contribution in [-0.2, 0) is 6.18 Å². The summed E-state index contributed by atoms with van der Waals surface area (Å²) in [4.78, 5) is 17.0. The first-order chi connectivity index (χ1) is 15.1. The minimum Gasteiger partial charge on any atom is -0.493 e. The molecule has 0 aliphatic heterocycles. The third-order valence-corrected chi connectivity index (χ3v) is 4.96. The molecule has 1 N–H and O–H groups in total. The van der Waals surface area contributed by atoms with E-state index < -0.39 is 17.8 Å². The number of hydrogen-bond acceptors (Lipinski definition) is 6. The Hall–Kier alpha value is -3.50. The number of aromatic nitrogens is 3. The number of nitrogens with one attached hydrogen (secondary N) is 1. The Balaban J connectivity index is 2.27. The van der Waals surface area contributed by atoms with E-state index in [1.807, 2.05) is 6.92 Å². The fourth-order valence-corrected chi connectivity index (χ4v) is 3.11. The Labute approximate surface area is 182 Å². The van der Waals surface area contributed by atoms with Crippen LogP contribution >= 0.6 is 0 Å². The SMILES string of the molecule is CC[C@H](C)NC(=O)c1cnn2c(C(F)(F)F)cc(-c3cc(OC)c(OC)c(OC)c3)nc12. The molecule has 0 aliphatic rings. The van der Waals surface area contributed by atoms with Gasteiger partial charge in [-0.1, -0.05) is 6.92 Å². The third-order valence-electron chi connectivity index (χ3n) is 4.96. The lowest BCUT2D eigenvalue weighted by atomic mass is 10.1. The molecule has 11 heteroatoms. The van der Waals surface area contributed by atoms with Gasteiger partial charge in [-0.05, 0) is 31.5 Å². The van der Waals surface area contributed by atoms with E-state index in [-0.39, 0.29) is 45.8 Å². The van der Waals surface area contributed by atoms with Crippen LogP contribution in [0, 0.1) is 0 Å². The summed E-state index contributed by atoms with van der Waals surface area (Å²) in [7, 11) is 4.21. The fraction of sp³-hybridized carbons (Fsp3) is 0.381. The van der Waals surface area contributed by atoms with E-state index in [9.17, 15) is 18.0 Å². The quantitative estimate of drug-likeness (QED) is 0.584. The molecule has 172 valence electrons. The van der Waals surface area contributed by atoms with Crippen LogP contribution in [0.2, 0.25) is 0 Å². The third kappa shape index (κ3) is 4.27. The van der Waals surface area contributed by atoms with Gasteiger partial charge in [-0.3, -0.25) is 4.79 Å². The van der Waals surface area contributed by atoms with Gasteiger partial charge < -0.3 is 19.5 Å². The van der Waals surface area contributed by atoms with Crippen LogP contribution in [0.15, 0.2) is 24.4 Å². The molecule has 3 aromatic rings. The monoisotopic (exact) mass is 452 g/mol. The van der Waals surface area contributed by atoms with Gasteiger partial charge in [-0.25, -0.2) is 9.50 Å². The topological polar surface area (TPSA) is 87.0 Å². The van der Waals surface area contributed by atoms with Crippen molar-refractivity contribution in [1.29, 1.82) is 0 Å². The number of hydrogen-bond donors (Lipinski definition) is 1.